The Morgan fingerprint density at radius 2 is 2.25 bits per heavy atom. The average molecular weight is 246 g/mol. The number of likely N-dealkylation sites (N-methyl/N-ethyl adjacent to an activating group) is 1. The van der Waals surface area contributed by atoms with Crippen LogP contribution in [0.3, 0.4) is 0 Å². The van der Waals surface area contributed by atoms with E-state index in [0.717, 1.165) is 19.8 Å². The topological polar surface area (TPSA) is 24.5 Å². The largest absolute Gasteiger partial charge is 0.379 e. The normalized spacial score (nSPS) is 27.6. The lowest BCUT2D eigenvalue weighted by Gasteiger charge is -2.30. The average Bonchev–Trinajstić information content (AvgIpc) is 2.72. The van der Waals surface area contributed by atoms with Crippen LogP contribution in [0.25, 0.3) is 0 Å². The molecule has 96 valence electrons. The van der Waals surface area contributed by atoms with Crippen LogP contribution in [0, 0.1) is 5.92 Å². The summed E-state index contributed by atoms with van der Waals surface area (Å²) in [5, 5.41) is 3.35. The van der Waals surface area contributed by atoms with Crippen LogP contribution in [-0.4, -0.2) is 62.8 Å². The highest BCUT2D eigenvalue weighted by Crippen LogP contribution is 2.17. The van der Waals surface area contributed by atoms with Gasteiger partial charge in [0, 0.05) is 30.3 Å². The molecule has 1 saturated heterocycles. The number of nitrogens with zero attached hydrogens (tertiary/aromatic N) is 1. The number of ether oxygens (including phenoxy) is 1. The fraction of sp³-hybridized carbons (Fsp3) is 1.00. The van der Waals surface area contributed by atoms with Gasteiger partial charge in [-0.1, -0.05) is 6.92 Å². The standard InChI is InChI=1S/C12H26N2OS/c1-5-11(9-16-4)14(3)6-10-7-15-8-12(10)13-2/h10-13H,5-9H2,1-4H3. The van der Waals surface area contributed by atoms with E-state index in [1.54, 1.807) is 0 Å². The first-order valence-electron chi connectivity index (χ1n) is 6.17. The van der Waals surface area contributed by atoms with Crippen molar-refractivity contribution < 1.29 is 4.74 Å². The highest BCUT2D eigenvalue weighted by Gasteiger charge is 2.28. The van der Waals surface area contributed by atoms with Gasteiger partial charge in [0.05, 0.1) is 13.2 Å². The molecule has 0 aromatic rings. The Balaban J connectivity index is 2.39. The Morgan fingerprint density at radius 1 is 1.50 bits per heavy atom. The van der Waals surface area contributed by atoms with Crippen LogP contribution in [0.2, 0.25) is 0 Å². The van der Waals surface area contributed by atoms with Gasteiger partial charge in [0.1, 0.15) is 0 Å². The van der Waals surface area contributed by atoms with Crippen molar-refractivity contribution in [3.63, 3.8) is 0 Å². The van der Waals surface area contributed by atoms with Gasteiger partial charge >= 0.3 is 0 Å². The summed E-state index contributed by atoms with van der Waals surface area (Å²) in [4.78, 5) is 2.50. The SMILES string of the molecule is CCC(CSC)N(C)CC1COCC1NC. The first-order chi connectivity index (χ1) is 7.72. The Kier molecular flexibility index (Phi) is 6.73. The zero-order valence-electron chi connectivity index (χ0n) is 11.0. The molecule has 4 heteroatoms. The molecule has 3 unspecified atom stereocenters. The number of nitrogens with one attached hydrogen (secondary N) is 1. The molecule has 1 fully saturated rings. The van der Waals surface area contributed by atoms with E-state index in [1.165, 1.54) is 12.2 Å². The van der Waals surface area contributed by atoms with Crippen molar-refractivity contribution in [3.8, 4) is 0 Å². The lowest BCUT2D eigenvalue weighted by Crippen LogP contribution is -2.43. The van der Waals surface area contributed by atoms with E-state index in [1.807, 2.05) is 18.8 Å². The molecule has 1 N–H and O–H groups in total. The molecule has 0 amide bonds. The van der Waals surface area contributed by atoms with Gasteiger partial charge in [-0.15, -0.1) is 0 Å². The van der Waals surface area contributed by atoms with Crippen LogP contribution in [0.15, 0.2) is 0 Å². The summed E-state index contributed by atoms with van der Waals surface area (Å²) in [5.74, 6) is 1.87. The van der Waals surface area contributed by atoms with E-state index in [4.69, 9.17) is 4.74 Å². The van der Waals surface area contributed by atoms with E-state index in [0.29, 0.717) is 18.0 Å². The molecule has 3 atom stereocenters. The summed E-state index contributed by atoms with van der Waals surface area (Å²) in [6, 6.07) is 1.24. The summed E-state index contributed by atoms with van der Waals surface area (Å²) in [7, 11) is 4.28. The lowest BCUT2D eigenvalue weighted by molar-refractivity contribution is 0.163. The number of thioether (sulfide) groups is 1. The Labute approximate surface area is 104 Å². The fourth-order valence-electron chi connectivity index (χ4n) is 2.37. The Morgan fingerprint density at radius 3 is 2.81 bits per heavy atom. The molecular weight excluding hydrogens is 220 g/mol. The molecule has 0 radical (unpaired) electrons. The third-order valence-corrected chi connectivity index (χ3v) is 4.26. The van der Waals surface area contributed by atoms with E-state index >= 15 is 0 Å². The minimum Gasteiger partial charge on any atom is -0.379 e. The fourth-order valence-corrected chi connectivity index (χ4v) is 3.24. The summed E-state index contributed by atoms with van der Waals surface area (Å²) in [6.45, 7) is 5.20. The van der Waals surface area contributed by atoms with Crippen molar-refractivity contribution in [1.29, 1.82) is 0 Å². The van der Waals surface area contributed by atoms with Crippen molar-refractivity contribution in [2.45, 2.75) is 25.4 Å². The van der Waals surface area contributed by atoms with Crippen molar-refractivity contribution in [3.05, 3.63) is 0 Å². The molecule has 0 saturated carbocycles. The van der Waals surface area contributed by atoms with Gasteiger partial charge in [0.25, 0.3) is 0 Å². The van der Waals surface area contributed by atoms with E-state index in [-0.39, 0.29) is 0 Å². The molecule has 3 nitrogen and oxygen atoms in total. The molecule has 16 heavy (non-hydrogen) atoms. The highest BCUT2D eigenvalue weighted by molar-refractivity contribution is 7.98. The molecule has 0 bridgehead atoms. The minimum absolute atomic E-state index is 0.536. The zero-order chi connectivity index (χ0) is 12.0. The molecule has 0 aromatic carbocycles. The maximum atomic E-state index is 5.54. The molecule has 1 aliphatic rings. The van der Waals surface area contributed by atoms with Gasteiger partial charge in [-0.2, -0.15) is 11.8 Å². The first kappa shape index (κ1) is 14.3. The molecule has 0 aliphatic carbocycles. The monoisotopic (exact) mass is 246 g/mol. The zero-order valence-corrected chi connectivity index (χ0v) is 11.8. The smallest absolute Gasteiger partial charge is 0.0623 e. The number of hydrogen-bond acceptors (Lipinski definition) is 4. The van der Waals surface area contributed by atoms with E-state index in [9.17, 15) is 0 Å². The lowest BCUT2D eigenvalue weighted by atomic mass is 10.0. The predicted molar refractivity (Wildman–Crippen MR) is 72.2 cm³/mol. The molecule has 1 heterocycles. The molecule has 1 aliphatic heterocycles. The second-order valence-corrected chi connectivity index (χ2v) is 5.56. The van der Waals surface area contributed by atoms with E-state index < -0.39 is 0 Å². The van der Waals surface area contributed by atoms with Crippen LogP contribution in [0.4, 0.5) is 0 Å². The summed E-state index contributed by atoms with van der Waals surface area (Å²) >= 11 is 1.94. The second-order valence-electron chi connectivity index (χ2n) is 4.65. The summed E-state index contributed by atoms with van der Waals surface area (Å²) < 4.78 is 5.54. The van der Waals surface area contributed by atoms with E-state index in [2.05, 4.69) is 30.4 Å². The van der Waals surface area contributed by atoms with Gasteiger partial charge < -0.3 is 15.0 Å². The highest BCUT2D eigenvalue weighted by atomic mass is 32.2. The van der Waals surface area contributed by atoms with Gasteiger partial charge in [-0.25, -0.2) is 0 Å². The van der Waals surface area contributed by atoms with Crippen LogP contribution < -0.4 is 5.32 Å². The molecular formula is C12H26N2OS. The molecule has 0 aromatic heterocycles. The van der Waals surface area contributed by atoms with Gasteiger partial charge in [-0.05, 0) is 26.8 Å². The van der Waals surface area contributed by atoms with Crippen LogP contribution in [0.5, 0.6) is 0 Å². The first-order valence-corrected chi connectivity index (χ1v) is 7.56. The van der Waals surface area contributed by atoms with Gasteiger partial charge in [-0.3, -0.25) is 0 Å². The van der Waals surface area contributed by atoms with Crippen LogP contribution in [0.1, 0.15) is 13.3 Å². The van der Waals surface area contributed by atoms with Crippen LogP contribution in [-0.2, 0) is 4.74 Å². The third kappa shape index (κ3) is 3.91. The van der Waals surface area contributed by atoms with Gasteiger partial charge in [0.2, 0.25) is 0 Å². The number of hydrogen-bond donors (Lipinski definition) is 1. The molecule has 0 spiro atoms. The Bertz CT molecular complexity index is 192. The maximum absolute atomic E-state index is 5.54. The summed E-state index contributed by atoms with van der Waals surface area (Å²) in [6.07, 6.45) is 3.42. The maximum Gasteiger partial charge on any atom is 0.0623 e. The predicted octanol–water partition coefficient (Wildman–Crippen LogP) is 1.29. The molecule has 1 rings (SSSR count). The van der Waals surface area contributed by atoms with Crippen molar-refractivity contribution in [2.75, 3.05) is 45.9 Å². The van der Waals surface area contributed by atoms with Gasteiger partial charge in [0.15, 0.2) is 0 Å². The second kappa shape index (κ2) is 7.54. The minimum atomic E-state index is 0.536. The quantitative estimate of drug-likeness (QED) is 0.732. The Hall–Kier alpha value is 0.230. The van der Waals surface area contributed by atoms with Crippen LogP contribution >= 0.6 is 11.8 Å². The van der Waals surface area contributed by atoms with Crippen molar-refractivity contribution in [2.24, 2.45) is 5.92 Å². The summed E-state index contributed by atoms with van der Waals surface area (Å²) in [5.41, 5.74) is 0. The number of rotatable bonds is 7. The third-order valence-electron chi connectivity index (χ3n) is 3.55. The van der Waals surface area contributed by atoms with Crippen molar-refractivity contribution >= 4 is 11.8 Å². The van der Waals surface area contributed by atoms with Crippen molar-refractivity contribution in [1.82, 2.24) is 10.2 Å².